The van der Waals surface area contributed by atoms with Gasteiger partial charge in [-0.2, -0.15) is 0 Å². The zero-order valence-electron chi connectivity index (χ0n) is 6.69. The summed E-state index contributed by atoms with van der Waals surface area (Å²) < 4.78 is 0. The molecular formula is C3H10N2Na2O4. The SMILES string of the molecule is NC(=O)[C@@H](N)CO.[Na+].[Na+].[OH-].[OH-]. The minimum atomic E-state index is -0.903. The number of hydrogen-bond donors (Lipinski definition) is 3. The van der Waals surface area contributed by atoms with E-state index in [9.17, 15) is 4.79 Å². The van der Waals surface area contributed by atoms with Gasteiger partial charge in [-0.05, 0) is 0 Å². The summed E-state index contributed by atoms with van der Waals surface area (Å²) in [4.78, 5) is 9.87. The van der Waals surface area contributed by atoms with E-state index in [4.69, 9.17) is 10.8 Å². The summed E-state index contributed by atoms with van der Waals surface area (Å²) in [6, 6.07) is -0.903. The average Bonchev–Trinajstić information content (AvgIpc) is 1.65. The first-order valence-corrected chi connectivity index (χ1v) is 1.84. The molecule has 0 saturated carbocycles. The summed E-state index contributed by atoms with van der Waals surface area (Å²) in [5.74, 6) is -0.678. The van der Waals surface area contributed by atoms with Crippen molar-refractivity contribution in [1.29, 1.82) is 0 Å². The Labute approximate surface area is 109 Å². The van der Waals surface area contributed by atoms with Gasteiger partial charge in [0.25, 0.3) is 0 Å². The largest absolute Gasteiger partial charge is 1.00 e. The summed E-state index contributed by atoms with van der Waals surface area (Å²) in [6.07, 6.45) is 0. The van der Waals surface area contributed by atoms with Gasteiger partial charge in [-0.1, -0.05) is 0 Å². The molecule has 0 aromatic rings. The van der Waals surface area contributed by atoms with Crippen LogP contribution in [-0.4, -0.2) is 34.6 Å². The number of aliphatic hydroxyl groups excluding tert-OH is 1. The molecule has 0 saturated heterocycles. The molecule has 8 heteroatoms. The molecule has 0 rings (SSSR count). The van der Waals surface area contributed by atoms with Crippen molar-refractivity contribution < 1.29 is 80.0 Å². The van der Waals surface area contributed by atoms with E-state index in [-0.39, 0.29) is 76.7 Å². The molecule has 0 fully saturated rings. The van der Waals surface area contributed by atoms with Crippen molar-refractivity contribution in [2.45, 2.75) is 6.04 Å². The second-order valence-corrected chi connectivity index (χ2v) is 1.19. The maximum absolute atomic E-state index is 9.87. The van der Waals surface area contributed by atoms with Gasteiger partial charge in [-0.25, -0.2) is 0 Å². The zero-order chi connectivity index (χ0) is 5.86. The third-order valence-electron chi connectivity index (χ3n) is 0.562. The van der Waals surface area contributed by atoms with Crippen LogP contribution in [0.15, 0.2) is 0 Å². The van der Waals surface area contributed by atoms with Crippen LogP contribution in [0.25, 0.3) is 0 Å². The summed E-state index contributed by atoms with van der Waals surface area (Å²) in [7, 11) is 0. The van der Waals surface area contributed by atoms with Crippen LogP contribution < -0.4 is 70.6 Å². The molecule has 0 aromatic carbocycles. The van der Waals surface area contributed by atoms with Gasteiger partial charge in [-0.3, -0.25) is 4.79 Å². The van der Waals surface area contributed by atoms with Crippen LogP contribution in [0.1, 0.15) is 0 Å². The second kappa shape index (κ2) is 17.4. The minimum absolute atomic E-state index is 0. The first-order valence-electron chi connectivity index (χ1n) is 1.84. The van der Waals surface area contributed by atoms with E-state index in [0.717, 1.165) is 0 Å². The van der Waals surface area contributed by atoms with Gasteiger partial charge in [-0.15, -0.1) is 0 Å². The van der Waals surface area contributed by atoms with Gasteiger partial charge in [0, 0.05) is 0 Å². The Morgan fingerprint density at radius 2 is 1.64 bits per heavy atom. The first-order chi connectivity index (χ1) is 3.18. The van der Waals surface area contributed by atoms with E-state index in [1.54, 1.807) is 0 Å². The van der Waals surface area contributed by atoms with Crippen molar-refractivity contribution in [3.63, 3.8) is 0 Å². The molecule has 0 aromatic heterocycles. The Morgan fingerprint density at radius 3 is 1.64 bits per heavy atom. The molecule has 0 bridgehead atoms. The van der Waals surface area contributed by atoms with Crippen molar-refractivity contribution in [2.24, 2.45) is 11.5 Å². The predicted octanol–water partition coefficient (Wildman–Crippen LogP) is -8.55. The fraction of sp³-hybridized carbons (Fsp3) is 0.667. The van der Waals surface area contributed by atoms with E-state index < -0.39 is 11.9 Å². The normalized spacial score (nSPS) is 8.55. The Balaban J connectivity index is -0.0000000300. The summed E-state index contributed by atoms with van der Waals surface area (Å²) in [5, 5.41) is 8.08. The van der Waals surface area contributed by atoms with Crippen LogP contribution in [0.2, 0.25) is 0 Å². The van der Waals surface area contributed by atoms with E-state index >= 15 is 0 Å². The Kier molecular flexibility index (Phi) is 46.6. The van der Waals surface area contributed by atoms with E-state index in [0.29, 0.717) is 0 Å². The number of aliphatic hydroxyl groups is 1. The van der Waals surface area contributed by atoms with Gasteiger partial charge in [0.05, 0.1) is 6.61 Å². The number of carbonyl (C=O) groups excluding carboxylic acids is 1. The molecule has 0 spiro atoms. The number of rotatable bonds is 2. The van der Waals surface area contributed by atoms with Crippen molar-refractivity contribution in [2.75, 3.05) is 6.61 Å². The van der Waals surface area contributed by atoms with Crippen LogP contribution in [0, 0.1) is 0 Å². The summed E-state index contributed by atoms with van der Waals surface area (Å²) in [6.45, 7) is -0.380. The first kappa shape index (κ1) is 29.5. The van der Waals surface area contributed by atoms with Crippen LogP contribution in [0.5, 0.6) is 0 Å². The van der Waals surface area contributed by atoms with Crippen LogP contribution in [0.4, 0.5) is 0 Å². The molecule has 0 radical (unpaired) electrons. The third kappa shape index (κ3) is 18.3. The third-order valence-corrected chi connectivity index (χ3v) is 0.562. The Bertz CT molecular complexity index is 83.7. The van der Waals surface area contributed by atoms with Crippen molar-refractivity contribution in [3.05, 3.63) is 0 Å². The molecule has 6 nitrogen and oxygen atoms in total. The van der Waals surface area contributed by atoms with Crippen molar-refractivity contribution >= 4 is 5.91 Å². The average molecular weight is 184 g/mol. The fourth-order valence-electron chi connectivity index (χ4n) is 0.0900. The number of nitrogens with two attached hydrogens (primary N) is 2. The van der Waals surface area contributed by atoms with Gasteiger partial charge in [0.1, 0.15) is 6.04 Å². The molecule has 1 atom stereocenters. The maximum Gasteiger partial charge on any atom is 1.00 e. The number of hydrogen-bond acceptors (Lipinski definition) is 5. The summed E-state index contributed by atoms with van der Waals surface area (Å²) in [5.41, 5.74) is 9.51. The summed E-state index contributed by atoms with van der Waals surface area (Å²) >= 11 is 0. The molecular weight excluding hydrogens is 174 g/mol. The van der Waals surface area contributed by atoms with Crippen LogP contribution in [0.3, 0.4) is 0 Å². The molecule has 0 heterocycles. The van der Waals surface area contributed by atoms with Gasteiger partial charge >= 0.3 is 59.1 Å². The molecule has 0 aliphatic carbocycles. The molecule has 7 N–H and O–H groups in total. The molecule has 0 unspecified atom stereocenters. The Hall–Kier alpha value is 1.31. The second-order valence-electron chi connectivity index (χ2n) is 1.19. The molecule has 0 aliphatic heterocycles. The van der Waals surface area contributed by atoms with Crippen molar-refractivity contribution in [1.82, 2.24) is 0 Å². The van der Waals surface area contributed by atoms with Crippen LogP contribution >= 0.6 is 0 Å². The van der Waals surface area contributed by atoms with E-state index in [2.05, 4.69) is 5.73 Å². The van der Waals surface area contributed by atoms with Crippen LogP contribution in [-0.2, 0) is 4.79 Å². The van der Waals surface area contributed by atoms with Gasteiger partial charge < -0.3 is 27.5 Å². The number of amides is 1. The maximum atomic E-state index is 9.87. The number of primary amides is 1. The smallest absolute Gasteiger partial charge is 0.870 e. The fourth-order valence-corrected chi connectivity index (χ4v) is 0.0900. The molecule has 1 amide bonds. The molecule has 58 valence electrons. The number of carbonyl (C=O) groups is 1. The predicted molar refractivity (Wildman–Crippen MR) is 28.1 cm³/mol. The van der Waals surface area contributed by atoms with Crippen molar-refractivity contribution in [3.8, 4) is 0 Å². The zero-order valence-corrected chi connectivity index (χ0v) is 10.7. The monoisotopic (exact) mass is 184 g/mol. The van der Waals surface area contributed by atoms with E-state index in [1.807, 2.05) is 0 Å². The molecule has 0 aliphatic rings. The molecule has 11 heavy (non-hydrogen) atoms. The van der Waals surface area contributed by atoms with Gasteiger partial charge in [0.15, 0.2) is 0 Å². The standard InChI is InChI=1S/C3H8N2O2.2Na.2H2O/c4-2(1-6)3(5)7;;;;/h2,6H,1,4H2,(H2,5,7);;;2*1H2/q;2*+1;;/p-2/t2-;;;;/m0..../s1. The van der Waals surface area contributed by atoms with Gasteiger partial charge in [0.2, 0.25) is 5.91 Å². The minimum Gasteiger partial charge on any atom is -0.870 e. The quantitative estimate of drug-likeness (QED) is 0.364. The Morgan fingerprint density at radius 1 is 1.36 bits per heavy atom. The topological polar surface area (TPSA) is 149 Å². The van der Waals surface area contributed by atoms with E-state index in [1.165, 1.54) is 0 Å².